The molecule has 2 N–H and O–H groups in total. The number of rotatable bonds is 5. The zero-order valence-corrected chi connectivity index (χ0v) is 9.61. The number of nitro groups is 1. The van der Waals surface area contributed by atoms with Crippen LogP contribution in [0.5, 0.6) is 0 Å². The Bertz CT molecular complexity index is 384. The Balaban J connectivity index is 2.85. The van der Waals surface area contributed by atoms with Crippen LogP contribution in [-0.2, 0) is 4.74 Å². The largest absolute Gasteiger partial charge is 0.385 e. The average molecular weight is 245 g/mol. The van der Waals surface area contributed by atoms with E-state index in [1.54, 1.807) is 13.2 Å². The van der Waals surface area contributed by atoms with E-state index in [1.807, 2.05) is 0 Å². The molecule has 0 aliphatic heterocycles. The standard InChI is InChI=1S/C10H13ClN2O3/c1-16-5-4-10(12)8-3-2-7(13(14)15)6-9(8)11/h2-3,6,10H,4-5,12H2,1H3. The van der Waals surface area contributed by atoms with Crippen molar-refractivity contribution in [2.24, 2.45) is 5.73 Å². The summed E-state index contributed by atoms with van der Waals surface area (Å²) in [4.78, 5) is 10.0. The van der Waals surface area contributed by atoms with E-state index in [2.05, 4.69) is 0 Å². The van der Waals surface area contributed by atoms with Gasteiger partial charge in [0, 0.05) is 31.9 Å². The molecule has 0 aromatic heterocycles. The Kier molecular flexibility index (Phi) is 4.67. The second-order valence-electron chi connectivity index (χ2n) is 3.35. The van der Waals surface area contributed by atoms with E-state index >= 15 is 0 Å². The second kappa shape index (κ2) is 5.79. The molecule has 1 aromatic rings. The first-order valence-electron chi connectivity index (χ1n) is 4.74. The molecule has 0 aliphatic rings. The lowest BCUT2D eigenvalue weighted by Gasteiger charge is -2.12. The van der Waals surface area contributed by atoms with Crippen molar-refractivity contribution in [3.8, 4) is 0 Å². The van der Waals surface area contributed by atoms with E-state index in [-0.39, 0.29) is 11.7 Å². The number of methoxy groups -OCH3 is 1. The van der Waals surface area contributed by atoms with E-state index in [0.29, 0.717) is 23.6 Å². The van der Waals surface area contributed by atoms with Gasteiger partial charge in [-0.05, 0) is 18.1 Å². The van der Waals surface area contributed by atoms with E-state index in [4.69, 9.17) is 22.1 Å². The number of hydrogen-bond donors (Lipinski definition) is 1. The van der Waals surface area contributed by atoms with Crippen molar-refractivity contribution in [2.45, 2.75) is 12.5 Å². The fraction of sp³-hybridized carbons (Fsp3) is 0.400. The molecule has 0 saturated carbocycles. The van der Waals surface area contributed by atoms with Gasteiger partial charge in [0.2, 0.25) is 0 Å². The third kappa shape index (κ3) is 3.16. The van der Waals surface area contributed by atoms with Crippen molar-refractivity contribution in [1.82, 2.24) is 0 Å². The van der Waals surface area contributed by atoms with Crippen molar-refractivity contribution in [2.75, 3.05) is 13.7 Å². The zero-order valence-electron chi connectivity index (χ0n) is 8.85. The number of non-ortho nitro benzene ring substituents is 1. The number of benzene rings is 1. The maximum Gasteiger partial charge on any atom is 0.270 e. The number of nitrogens with zero attached hydrogens (tertiary/aromatic N) is 1. The van der Waals surface area contributed by atoms with Crippen LogP contribution in [0.1, 0.15) is 18.0 Å². The summed E-state index contributed by atoms with van der Waals surface area (Å²) in [5, 5.41) is 10.8. The molecule has 1 atom stereocenters. The van der Waals surface area contributed by atoms with Crippen molar-refractivity contribution in [3.63, 3.8) is 0 Å². The topological polar surface area (TPSA) is 78.4 Å². The molecule has 1 unspecified atom stereocenters. The van der Waals surface area contributed by atoms with Gasteiger partial charge in [0.1, 0.15) is 0 Å². The summed E-state index contributed by atoms with van der Waals surface area (Å²) < 4.78 is 4.90. The lowest BCUT2D eigenvalue weighted by molar-refractivity contribution is -0.384. The molecule has 16 heavy (non-hydrogen) atoms. The van der Waals surface area contributed by atoms with Crippen molar-refractivity contribution < 1.29 is 9.66 Å². The second-order valence-corrected chi connectivity index (χ2v) is 3.76. The highest BCUT2D eigenvalue weighted by molar-refractivity contribution is 6.31. The minimum Gasteiger partial charge on any atom is -0.385 e. The van der Waals surface area contributed by atoms with Crippen LogP contribution in [0.15, 0.2) is 18.2 Å². The number of ether oxygens (including phenoxy) is 1. The molecule has 1 aromatic carbocycles. The van der Waals surface area contributed by atoms with Crippen LogP contribution in [0.2, 0.25) is 5.02 Å². The van der Waals surface area contributed by atoms with Gasteiger partial charge in [0.25, 0.3) is 5.69 Å². The first kappa shape index (κ1) is 12.9. The Labute approximate surface area is 98.3 Å². The Morgan fingerprint density at radius 2 is 2.31 bits per heavy atom. The van der Waals surface area contributed by atoms with Gasteiger partial charge in [-0.1, -0.05) is 11.6 Å². The van der Waals surface area contributed by atoms with Crippen molar-refractivity contribution in [3.05, 3.63) is 38.9 Å². The summed E-state index contributed by atoms with van der Waals surface area (Å²) in [5.41, 5.74) is 6.54. The van der Waals surface area contributed by atoms with E-state index in [0.717, 1.165) is 0 Å². The molecule has 0 aliphatic carbocycles. The van der Waals surface area contributed by atoms with E-state index < -0.39 is 4.92 Å². The molecule has 1 rings (SSSR count). The highest BCUT2D eigenvalue weighted by atomic mass is 35.5. The molecule has 0 fully saturated rings. The number of nitro benzene ring substituents is 1. The summed E-state index contributed by atoms with van der Waals surface area (Å²) in [6, 6.07) is 4.02. The Morgan fingerprint density at radius 1 is 1.62 bits per heavy atom. The number of halogens is 1. The minimum absolute atomic E-state index is 0.0345. The molecule has 0 saturated heterocycles. The van der Waals surface area contributed by atoms with Crippen LogP contribution in [0, 0.1) is 10.1 Å². The number of hydrogen-bond acceptors (Lipinski definition) is 4. The van der Waals surface area contributed by atoms with Gasteiger partial charge in [0.05, 0.1) is 9.95 Å². The predicted octanol–water partition coefficient (Wildman–Crippen LogP) is 2.28. The van der Waals surface area contributed by atoms with Gasteiger partial charge >= 0.3 is 0 Å². The maximum absolute atomic E-state index is 10.5. The fourth-order valence-corrected chi connectivity index (χ4v) is 1.65. The van der Waals surface area contributed by atoms with Gasteiger partial charge in [-0.2, -0.15) is 0 Å². The highest BCUT2D eigenvalue weighted by Crippen LogP contribution is 2.27. The van der Waals surface area contributed by atoms with Gasteiger partial charge in [-0.15, -0.1) is 0 Å². The molecule has 0 heterocycles. The van der Waals surface area contributed by atoms with Gasteiger partial charge in [-0.3, -0.25) is 10.1 Å². The quantitative estimate of drug-likeness (QED) is 0.637. The lowest BCUT2D eigenvalue weighted by atomic mass is 10.0. The third-order valence-electron chi connectivity index (χ3n) is 2.23. The molecule has 88 valence electrons. The van der Waals surface area contributed by atoms with Crippen LogP contribution < -0.4 is 5.73 Å². The summed E-state index contributed by atoms with van der Waals surface area (Å²) >= 11 is 5.92. The molecule has 0 radical (unpaired) electrons. The monoisotopic (exact) mass is 244 g/mol. The summed E-state index contributed by atoms with van der Waals surface area (Å²) in [5.74, 6) is 0. The van der Waals surface area contributed by atoms with Gasteiger partial charge in [-0.25, -0.2) is 0 Å². The smallest absolute Gasteiger partial charge is 0.270 e. The first-order chi connectivity index (χ1) is 7.56. The van der Waals surface area contributed by atoms with Crippen LogP contribution in [0.25, 0.3) is 0 Å². The predicted molar refractivity (Wildman–Crippen MR) is 61.5 cm³/mol. The zero-order chi connectivity index (χ0) is 12.1. The summed E-state index contributed by atoms with van der Waals surface area (Å²) in [7, 11) is 1.59. The SMILES string of the molecule is COCCC(N)c1ccc([N+](=O)[O-])cc1Cl. The summed E-state index contributed by atoms with van der Waals surface area (Å²) in [6.07, 6.45) is 0.619. The molecule has 0 amide bonds. The summed E-state index contributed by atoms with van der Waals surface area (Å²) in [6.45, 7) is 0.522. The molecule has 5 nitrogen and oxygen atoms in total. The van der Waals surface area contributed by atoms with Crippen molar-refractivity contribution >= 4 is 17.3 Å². The molecule has 6 heteroatoms. The Morgan fingerprint density at radius 3 is 2.81 bits per heavy atom. The Hall–Kier alpha value is -1.17. The van der Waals surface area contributed by atoms with Crippen LogP contribution in [-0.4, -0.2) is 18.6 Å². The maximum atomic E-state index is 10.5. The van der Waals surface area contributed by atoms with Gasteiger partial charge < -0.3 is 10.5 Å². The lowest BCUT2D eigenvalue weighted by Crippen LogP contribution is -2.13. The molecular weight excluding hydrogens is 232 g/mol. The van der Waals surface area contributed by atoms with E-state index in [1.165, 1.54) is 12.1 Å². The number of nitrogens with two attached hydrogens (primary N) is 1. The van der Waals surface area contributed by atoms with Crippen molar-refractivity contribution in [1.29, 1.82) is 0 Å². The van der Waals surface area contributed by atoms with E-state index in [9.17, 15) is 10.1 Å². The van der Waals surface area contributed by atoms with Crippen LogP contribution in [0.3, 0.4) is 0 Å². The molecule has 0 spiro atoms. The average Bonchev–Trinajstić information content (AvgIpc) is 2.25. The highest BCUT2D eigenvalue weighted by Gasteiger charge is 2.14. The van der Waals surface area contributed by atoms with Crippen LogP contribution in [0.4, 0.5) is 5.69 Å². The van der Waals surface area contributed by atoms with Crippen LogP contribution >= 0.6 is 11.6 Å². The third-order valence-corrected chi connectivity index (χ3v) is 2.55. The molecular formula is C10H13ClN2O3. The minimum atomic E-state index is -0.490. The molecule has 0 bridgehead atoms. The fourth-order valence-electron chi connectivity index (χ4n) is 1.33. The normalized spacial score (nSPS) is 12.4. The van der Waals surface area contributed by atoms with Gasteiger partial charge in [0.15, 0.2) is 0 Å². The first-order valence-corrected chi connectivity index (χ1v) is 5.12.